The van der Waals surface area contributed by atoms with Gasteiger partial charge in [0.25, 0.3) is 5.69 Å². The maximum atomic E-state index is 12.7. The zero-order valence-electron chi connectivity index (χ0n) is 17.5. The van der Waals surface area contributed by atoms with Crippen molar-refractivity contribution in [2.24, 2.45) is 5.92 Å². The summed E-state index contributed by atoms with van der Waals surface area (Å²) < 4.78 is 0.751. The molecule has 1 saturated heterocycles. The minimum absolute atomic E-state index is 0.0836. The van der Waals surface area contributed by atoms with Gasteiger partial charge in [-0.25, -0.2) is 0 Å². The van der Waals surface area contributed by atoms with Gasteiger partial charge in [-0.05, 0) is 36.6 Å². The third-order valence-corrected chi connectivity index (χ3v) is 7.41. The molecule has 0 atom stereocenters. The van der Waals surface area contributed by atoms with Crippen LogP contribution in [-0.2, 0) is 10.5 Å². The number of hydrogen-bond donors (Lipinski definition) is 1. The molecule has 0 bridgehead atoms. The molecule has 0 spiro atoms. The molecule has 168 valence electrons. The van der Waals surface area contributed by atoms with Gasteiger partial charge in [-0.1, -0.05) is 47.4 Å². The maximum absolute atomic E-state index is 12.7. The number of carbonyl (C=O) groups excluding carboxylic acids is 1. The van der Waals surface area contributed by atoms with Crippen molar-refractivity contribution in [2.45, 2.75) is 22.9 Å². The number of nitro groups is 1. The van der Waals surface area contributed by atoms with E-state index in [-0.39, 0.29) is 22.4 Å². The number of nitrogens with zero attached hydrogens (tertiary/aromatic N) is 5. The van der Waals surface area contributed by atoms with Gasteiger partial charge in [-0.15, -0.1) is 10.2 Å². The lowest BCUT2D eigenvalue weighted by atomic mass is 9.95. The number of amides is 1. The number of aromatic nitrogens is 2. The predicted molar refractivity (Wildman–Crippen MR) is 127 cm³/mol. The van der Waals surface area contributed by atoms with Crippen LogP contribution in [0.4, 0.5) is 16.5 Å². The quantitative estimate of drug-likeness (QED) is 0.227. The second kappa shape index (κ2) is 10.4. The van der Waals surface area contributed by atoms with Crippen molar-refractivity contribution in [3.05, 3.63) is 69.8 Å². The second-order valence-electron chi connectivity index (χ2n) is 7.47. The van der Waals surface area contributed by atoms with E-state index in [1.54, 1.807) is 30.3 Å². The highest BCUT2D eigenvalue weighted by molar-refractivity contribution is 8.00. The molecule has 11 heteroatoms. The Bertz CT molecular complexity index is 1180. The van der Waals surface area contributed by atoms with Crippen LogP contribution in [0.5, 0.6) is 0 Å². The summed E-state index contributed by atoms with van der Waals surface area (Å²) in [6.45, 7) is 1.15. The van der Waals surface area contributed by atoms with E-state index in [2.05, 4.69) is 21.6 Å². The van der Waals surface area contributed by atoms with Crippen molar-refractivity contribution >= 4 is 45.5 Å². The summed E-state index contributed by atoms with van der Waals surface area (Å²) in [5.41, 5.74) is 2.37. The number of thioether (sulfide) groups is 1. The number of anilines is 2. The number of para-hydroxylation sites is 2. The molecule has 0 unspecified atom stereocenters. The number of benzene rings is 2. The first kappa shape index (κ1) is 22.7. The Kier molecular flexibility index (Phi) is 7.16. The average Bonchev–Trinajstić information content (AvgIpc) is 3.30. The minimum atomic E-state index is -0.374. The first-order valence-corrected chi connectivity index (χ1v) is 12.1. The van der Waals surface area contributed by atoms with Gasteiger partial charge < -0.3 is 10.2 Å². The molecular formula is C22H20N6O3S2. The van der Waals surface area contributed by atoms with Crippen molar-refractivity contribution < 1.29 is 9.72 Å². The molecule has 0 radical (unpaired) electrons. The fourth-order valence-electron chi connectivity index (χ4n) is 3.62. The molecule has 9 nitrogen and oxygen atoms in total. The standard InChI is InChI=1S/C22H20N6O3S2/c23-13-15-5-7-16(8-6-15)14-32-22-26-25-21(33-22)24-20(29)17-9-11-27(12-10-17)18-3-1-2-4-19(18)28(30)31/h1-8,17H,9-12,14H2,(H,24,25,29). The molecule has 2 aromatic carbocycles. The Hall–Kier alpha value is -3.49. The molecule has 1 N–H and O–H groups in total. The lowest BCUT2D eigenvalue weighted by Gasteiger charge is -2.32. The number of rotatable bonds is 7. The largest absolute Gasteiger partial charge is 0.366 e. The Labute approximate surface area is 198 Å². The van der Waals surface area contributed by atoms with Gasteiger partial charge in [-0.3, -0.25) is 14.9 Å². The third kappa shape index (κ3) is 5.66. The van der Waals surface area contributed by atoms with Crippen LogP contribution in [-0.4, -0.2) is 34.1 Å². The molecule has 1 aromatic heterocycles. The van der Waals surface area contributed by atoms with Crippen molar-refractivity contribution in [3.8, 4) is 6.07 Å². The minimum Gasteiger partial charge on any atom is -0.366 e. The number of nitro benzene ring substituents is 1. The van der Waals surface area contributed by atoms with Crippen LogP contribution in [0, 0.1) is 27.4 Å². The van der Waals surface area contributed by atoms with Gasteiger partial charge in [-0.2, -0.15) is 5.26 Å². The molecule has 1 amide bonds. The molecule has 1 aliphatic rings. The van der Waals surface area contributed by atoms with Gasteiger partial charge in [0.05, 0.1) is 16.6 Å². The molecule has 0 saturated carbocycles. The van der Waals surface area contributed by atoms with Crippen molar-refractivity contribution in [1.82, 2.24) is 10.2 Å². The van der Waals surface area contributed by atoms with Crippen molar-refractivity contribution in [1.29, 1.82) is 5.26 Å². The van der Waals surface area contributed by atoms with Crippen LogP contribution >= 0.6 is 23.1 Å². The predicted octanol–water partition coefficient (Wildman–Crippen LogP) is 4.47. The first-order valence-electron chi connectivity index (χ1n) is 10.3. The monoisotopic (exact) mass is 480 g/mol. The lowest BCUT2D eigenvalue weighted by Crippen LogP contribution is -2.38. The van der Waals surface area contributed by atoms with Crippen LogP contribution in [0.3, 0.4) is 0 Å². The van der Waals surface area contributed by atoms with E-state index in [9.17, 15) is 14.9 Å². The first-order chi connectivity index (χ1) is 16.0. The van der Waals surface area contributed by atoms with E-state index in [0.717, 1.165) is 9.90 Å². The third-order valence-electron chi connectivity index (χ3n) is 5.37. The van der Waals surface area contributed by atoms with Crippen LogP contribution in [0.15, 0.2) is 52.9 Å². The molecule has 3 aromatic rings. The van der Waals surface area contributed by atoms with E-state index in [4.69, 9.17) is 5.26 Å². The highest BCUT2D eigenvalue weighted by atomic mass is 32.2. The maximum Gasteiger partial charge on any atom is 0.292 e. The average molecular weight is 481 g/mol. The van der Waals surface area contributed by atoms with Gasteiger partial charge in [0, 0.05) is 30.8 Å². The number of hydrogen-bond acceptors (Lipinski definition) is 9. The Morgan fingerprint density at radius 3 is 2.64 bits per heavy atom. The summed E-state index contributed by atoms with van der Waals surface area (Å²) in [4.78, 5) is 25.6. The summed E-state index contributed by atoms with van der Waals surface area (Å²) in [6, 6.07) is 16.2. The summed E-state index contributed by atoms with van der Waals surface area (Å²) >= 11 is 2.85. The number of nitriles is 1. The summed E-state index contributed by atoms with van der Waals surface area (Å²) in [6.07, 6.45) is 1.22. The van der Waals surface area contributed by atoms with E-state index >= 15 is 0 Å². The number of nitrogens with one attached hydrogen (secondary N) is 1. The lowest BCUT2D eigenvalue weighted by molar-refractivity contribution is -0.384. The Balaban J connectivity index is 1.28. The highest BCUT2D eigenvalue weighted by Gasteiger charge is 2.28. The Morgan fingerprint density at radius 2 is 1.94 bits per heavy atom. The van der Waals surface area contributed by atoms with Crippen molar-refractivity contribution in [2.75, 3.05) is 23.3 Å². The van der Waals surface area contributed by atoms with Gasteiger partial charge in [0.15, 0.2) is 4.34 Å². The SMILES string of the molecule is N#Cc1ccc(CSc2nnc(NC(=O)C3CCN(c4ccccc4[N+](=O)[O-])CC3)s2)cc1. The summed E-state index contributed by atoms with van der Waals surface area (Å²) in [5.74, 6) is 0.415. The zero-order chi connectivity index (χ0) is 23.2. The topological polar surface area (TPSA) is 125 Å². The van der Waals surface area contributed by atoms with E-state index in [1.165, 1.54) is 29.2 Å². The summed E-state index contributed by atoms with van der Waals surface area (Å²) in [7, 11) is 0. The van der Waals surface area contributed by atoms with E-state index < -0.39 is 0 Å². The molecule has 33 heavy (non-hydrogen) atoms. The Morgan fingerprint density at radius 1 is 1.21 bits per heavy atom. The second-order valence-corrected chi connectivity index (χ2v) is 9.67. The zero-order valence-corrected chi connectivity index (χ0v) is 19.1. The van der Waals surface area contributed by atoms with E-state index in [0.29, 0.717) is 48.1 Å². The fraction of sp³-hybridized carbons (Fsp3) is 0.273. The van der Waals surface area contributed by atoms with Crippen LogP contribution in [0.25, 0.3) is 0 Å². The highest BCUT2D eigenvalue weighted by Crippen LogP contribution is 2.32. The van der Waals surface area contributed by atoms with Gasteiger partial charge in [0.2, 0.25) is 11.0 Å². The number of piperidine rings is 1. The van der Waals surface area contributed by atoms with Crippen molar-refractivity contribution in [3.63, 3.8) is 0 Å². The normalized spacial score (nSPS) is 14.0. The fourth-order valence-corrected chi connectivity index (χ4v) is 5.33. The van der Waals surface area contributed by atoms with Gasteiger partial charge in [0.1, 0.15) is 5.69 Å². The molecule has 4 rings (SSSR count). The smallest absolute Gasteiger partial charge is 0.292 e. The molecule has 1 aliphatic heterocycles. The van der Waals surface area contributed by atoms with Crippen LogP contribution in [0.1, 0.15) is 24.0 Å². The number of carbonyl (C=O) groups is 1. The van der Waals surface area contributed by atoms with Crippen LogP contribution < -0.4 is 10.2 Å². The van der Waals surface area contributed by atoms with Gasteiger partial charge >= 0.3 is 0 Å². The molecular weight excluding hydrogens is 460 g/mol. The molecule has 2 heterocycles. The summed E-state index contributed by atoms with van der Waals surface area (Å²) in [5, 5.41) is 31.7. The van der Waals surface area contributed by atoms with E-state index in [1.807, 2.05) is 17.0 Å². The van der Waals surface area contributed by atoms with Crippen LogP contribution in [0.2, 0.25) is 0 Å². The molecule has 0 aliphatic carbocycles. The molecule has 1 fully saturated rings.